The lowest BCUT2D eigenvalue weighted by Crippen LogP contribution is -2.62. The third kappa shape index (κ3) is 4.58. The molecule has 4 rings (SSSR count). The van der Waals surface area contributed by atoms with Crippen molar-refractivity contribution in [3.05, 3.63) is 90.3 Å². The normalized spacial score (nSPS) is 20.2. The van der Waals surface area contributed by atoms with Crippen LogP contribution < -0.4 is 5.73 Å². The number of carbonyl (C=O) groups excluding carboxylic acids is 2. The summed E-state index contributed by atoms with van der Waals surface area (Å²) in [5.74, 6) is -2.44. The molecule has 1 saturated heterocycles. The fraction of sp³-hybridized carbons (Fsp3) is 0.259. The number of likely N-dealkylation sites (tertiary alicyclic amines) is 1. The second-order valence-electron chi connectivity index (χ2n) is 8.66. The van der Waals surface area contributed by atoms with Crippen LogP contribution in [-0.4, -0.2) is 63.4 Å². The van der Waals surface area contributed by atoms with Crippen molar-refractivity contribution in [3.63, 3.8) is 0 Å². The number of hydrogen-bond donors (Lipinski definition) is 3. The predicted octanol–water partition coefficient (Wildman–Crippen LogP) is 2.16. The lowest BCUT2D eigenvalue weighted by molar-refractivity contribution is -0.136. The van der Waals surface area contributed by atoms with Gasteiger partial charge in [-0.3, -0.25) is 14.6 Å². The third-order valence-electron chi connectivity index (χ3n) is 6.65. The van der Waals surface area contributed by atoms with Gasteiger partial charge in [-0.15, -0.1) is 0 Å². The van der Waals surface area contributed by atoms with E-state index in [-0.39, 0.29) is 13.0 Å². The molecule has 36 heavy (non-hydrogen) atoms. The van der Waals surface area contributed by atoms with Crippen LogP contribution in [-0.2, 0) is 9.63 Å². The molecule has 2 aromatic carbocycles. The number of oxime groups is 1. The number of pyridine rings is 1. The Kier molecular flexibility index (Phi) is 7.42. The lowest BCUT2D eigenvalue weighted by Gasteiger charge is -2.42. The van der Waals surface area contributed by atoms with E-state index in [1.54, 1.807) is 67.0 Å². The molecule has 2 heterocycles. The van der Waals surface area contributed by atoms with Crippen molar-refractivity contribution < 1.29 is 24.6 Å². The fourth-order valence-corrected chi connectivity index (χ4v) is 4.85. The Morgan fingerprint density at radius 2 is 1.83 bits per heavy atom. The Morgan fingerprint density at radius 3 is 2.42 bits per heavy atom. The van der Waals surface area contributed by atoms with Crippen molar-refractivity contribution >= 4 is 17.5 Å². The highest BCUT2D eigenvalue weighted by Crippen LogP contribution is 2.42. The number of carbonyl (C=O) groups is 2. The summed E-state index contributed by atoms with van der Waals surface area (Å²) in [5.41, 5.74) is 7.17. The quantitative estimate of drug-likeness (QED) is 0.416. The Morgan fingerprint density at radius 1 is 1.11 bits per heavy atom. The molecule has 9 heteroatoms. The number of nitrogens with zero attached hydrogens (tertiary/aromatic N) is 3. The van der Waals surface area contributed by atoms with Gasteiger partial charge in [0.1, 0.15) is 12.6 Å². The van der Waals surface area contributed by atoms with Gasteiger partial charge in [0, 0.05) is 30.3 Å². The van der Waals surface area contributed by atoms with Gasteiger partial charge < -0.3 is 25.7 Å². The number of aliphatic hydroxyl groups excluding tert-OH is 2. The van der Waals surface area contributed by atoms with Crippen LogP contribution in [0.3, 0.4) is 0 Å². The van der Waals surface area contributed by atoms with E-state index in [1.165, 1.54) is 12.0 Å². The Balaban J connectivity index is 1.75. The number of aromatic nitrogens is 1. The van der Waals surface area contributed by atoms with Crippen molar-refractivity contribution in [1.29, 1.82) is 0 Å². The molecule has 1 aliphatic rings. The van der Waals surface area contributed by atoms with Crippen LogP contribution >= 0.6 is 0 Å². The predicted molar refractivity (Wildman–Crippen MR) is 134 cm³/mol. The SMILES string of the molecule is CON=C1CN(C(=O)c2ccc(-c3cccnc3)cc2)C(C(N)=O)([C@@H](CO)[C@H](O)c2ccccc2)C1. The van der Waals surface area contributed by atoms with Crippen LogP contribution in [0.15, 0.2) is 84.3 Å². The molecule has 0 aliphatic carbocycles. The average Bonchev–Trinajstić information content (AvgIpc) is 3.30. The Bertz CT molecular complexity index is 1230. The zero-order chi connectivity index (χ0) is 25.7. The molecule has 4 N–H and O–H groups in total. The van der Waals surface area contributed by atoms with Gasteiger partial charge in [-0.05, 0) is 34.9 Å². The average molecular weight is 489 g/mol. The molecule has 9 nitrogen and oxygen atoms in total. The van der Waals surface area contributed by atoms with Crippen LogP contribution in [0.2, 0.25) is 0 Å². The molecule has 2 amide bonds. The minimum atomic E-state index is -1.74. The molecule has 1 aliphatic heterocycles. The number of aliphatic hydroxyl groups is 2. The van der Waals surface area contributed by atoms with Crippen LogP contribution in [0.25, 0.3) is 11.1 Å². The lowest BCUT2D eigenvalue weighted by atomic mass is 9.75. The largest absolute Gasteiger partial charge is 0.399 e. The van der Waals surface area contributed by atoms with E-state index in [9.17, 15) is 19.8 Å². The van der Waals surface area contributed by atoms with Crippen molar-refractivity contribution in [1.82, 2.24) is 9.88 Å². The summed E-state index contributed by atoms with van der Waals surface area (Å²) in [6.45, 7) is -0.638. The summed E-state index contributed by atoms with van der Waals surface area (Å²) in [6.07, 6.45) is 2.05. The topological polar surface area (TPSA) is 138 Å². The maximum atomic E-state index is 13.8. The van der Waals surface area contributed by atoms with E-state index < -0.39 is 36.0 Å². The molecule has 3 aromatic rings. The van der Waals surface area contributed by atoms with E-state index in [1.807, 2.05) is 12.1 Å². The number of hydrogen-bond acceptors (Lipinski definition) is 7. The van der Waals surface area contributed by atoms with Crippen LogP contribution in [0.1, 0.15) is 28.4 Å². The van der Waals surface area contributed by atoms with Gasteiger partial charge in [-0.1, -0.05) is 53.7 Å². The second kappa shape index (κ2) is 10.7. The zero-order valence-corrected chi connectivity index (χ0v) is 19.8. The number of primary amides is 1. The summed E-state index contributed by atoms with van der Waals surface area (Å²) in [7, 11) is 1.36. The molecule has 0 saturated carbocycles. The second-order valence-corrected chi connectivity index (χ2v) is 8.66. The van der Waals surface area contributed by atoms with E-state index >= 15 is 0 Å². The highest BCUT2D eigenvalue weighted by atomic mass is 16.6. The summed E-state index contributed by atoms with van der Waals surface area (Å²) in [4.78, 5) is 37.2. The van der Waals surface area contributed by atoms with Gasteiger partial charge in [0.25, 0.3) is 5.91 Å². The van der Waals surface area contributed by atoms with Gasteiger partial charge in [-0.25, -0.2) is 0 Å². The smallest absolute Gasteiger partial charge is 0.255 e. The van der Waals surface area contributed by atoms with E-state index in [4.69, 9.17) is 10.6 Å². The maximum absolute atomic E-state index is 13.8. The molecular formula is C27H28N4O5. The first kappa shape index (κ1) is 25.0. The van der Waals surface area contributed by atoms with Crippen LogP contribution in [0.4, 0.5) is 0 Å². The molecule has 1 aromatic heterocycles. The van der Waals surface area contributed by atoms with Gasteiger partial charge >= 0.3 is 0 Å². The van der Waals surface area contributed by atoms with E-state index in [2.05, 4.69) is 10.1 Å². The highest BCUT2D eigenvalue weighted by Gasteiger charge is 2.58. The van der Waals surface area contributed by atoms with Gasteiger partial charge in [-0.2, -0.15) is 0 Å². The third-order valence-corrected chi connectivity index (χ3v) is 6.65. The first-order chi connectivity index (χ1) is 17.4. The highest BCUT2D eigenvalue weighted by molar-refractivity contribution is 6.07. The first-order valence-electron chi connectivity index (χ1n) is 11.5. The molecule has 3 atom stereocenters. The number of amides is 2. The maximum Gasteiger partial charge on any atom is 0.255 e. The standard InChI is InChI=1S/C27H28N4O5/c1-36-30-22-14-27(26(28)35,23(17-32)24(33)19-6-3-2-4-7-19)31(16-22)25(34)20-11-9-18(10-12-20)21-8-5-13-29-15-21/h2-13,15,23-24,32-33H,14,16-17H2,1H3,(H2,28,35)/t23-,24+,27?/m0/s1. The molecule has 1 unspecified atom stereocenters. The number of rotatable bonds is 8. The molecule has 0 bridgehead atoms. The molecule has 186 valence electrons. The molecule has 0 spiro atoms. The summed E-state index contributed by atoms with van der Waals surface area (Å²) >= 11 is 0. The van der Waals surface area contributed by atoms with Gasteiger partial charge in [0.15, 0.2) is 0 Å². The fourth-order valence-electron chi connectivity index (χ4n) is 4.85. The summed E-state index contributed by atoms with van der Waals surface area (Å²) in [6, 6.07) is 19.3. The van der Waals surface area contributed by atoms with E-state index in [0.29, 0.717) is 16.8 Å². The summed E-state index contributed by atoms with van der Waals surface area (Å²) < 4.78 is 0. The van der Waals surface area contributed by atoms with Gasteiger partial charge in [0.2, 0.25) is 5.91 Å². The van der Waals surface area contributed by atoms with Crippen molar-refractivity contribution in [2.75, 3.05) is 20.3 Å². The number of nitrogens with two attached hydrogens (primary N) is 1. The van der Waals surface area contributed by atoms with Crippen LogP contribution in [0, 0.1) is 5.92 Å². The van der Waals surface area contributed by atoms with Crippen molar-refractivity contribution in [2.45, 2.75) is 18.1 Å². The molecule has 0 radical (unpaired) electrons. The minimum Gasteiger partial charge on any atom is -0.399 e. The first-order valence-corrected chi connectivity index (χ1v) is 11.5. The Labute approximate surface area is 208 Å². The zero-order valence-electron chi connectivity index (χ0n) is 19.8. The van der Waals surface area contributed by atoms with Gasteiger partial charge in [0.05, 0.1) is 25.0 Å². The monoisotopic (exact) mass is 488 g/mol. The summed E-state index contributed by atoms with van der Waals surface area (Å²) in [5, 5.41) is 25.6. The van der Waals surface area contributed by atoms with E-state index in [0.717, 1.165) is 11.1 Å². The Hall–Kier alpha value is -4.08. The number of benzene rings is 2. The van der Waals surface area contributed by atoms with Crippen molar-refractivity contribution in [2.24, 2.45) is 16.8 Å². The molecule has 1 fully saturated rings. The minimum absolute atomic E-state index is 0.0437. The van der Waals surface area contributed by atoms with Crippen LogP contribution in [0.5, 0.6) is 0 Å². The van der Waals surface area contributed by atoms with Crippen molar-refractivity contribution in [3.8, 4) is 11.1 Å². The molecular weight excluding hydrogens is 460 g/mol.